The minimum Gasteiger partial charge on any atom is -0.396 e. The molecule has 0 aliphatic carbocycles. The summed E-state index contributed by atoms with van der Waals surface area (Å²) in [6, 6.07) is 3.36. The van der Waals surface area contributed by atoms with Gasteiger partial charge in [0.25, 0.3) is 0 Å². The summed E-state index contributed by atoms with van der Waals surface area (Å²) in [5, 5.41) is 15.4. The van der Waals surface area contributed by atoms with Crippen molar-refractivity contribution in [2.45, 2.75) is 39.7 Å². The van der Waals surface area contributed by atoms with E-state index in [1.54, 1.807) is 0 Å². The van der Waals surface area contributed by atoms with Gasteiger partial charge in [0.2, 0.25) is 0 Å². The van der Waals surface area contributed by atoms with Crippen LogP contribution < -0.4 is 10.6 Å². The Morgan fingerprint density at radius 2 is 1.96 bits per heavy atom. The van der Waals surface area contributed by atoms with Gasteiger partial charge in [0.05, 0.1) is 6.54 Å². The number of nitrogens with zero attached hydrogens (tertiary/aromatic N) is 1. The Morgan fingerprint density at radius 1 is 1.21 bits per heavy atom. The molecule has 0 heterocycles. The Balaban J connectivity index is 0.00000529. The monoisotopic (exact) mass is 455 g/mol. The summed E-state index contributed by atoms with van der Waals surface area (Å²) >= 11 is 0. The topological polar surface area (TPSA) is 56.6 Å². The second kappa shape index (κ2) is 13.3. The molecule has 0 aromatic heterocycles. The van der Waals surface area contributed by atoms with E-state index in [2.05, 4.69) is 22.5 Å². The average molecular weight is 455 g/mol. The van der Waals surface area contributed by atoms with Crippen LogP contribution in [0.1, 0.15) is 38.7 Å². The van der Waals surface area contributed by atoms with E-state index in [-0.39, 0.29) is 42.7 Å². The summed E-state index contributed by atoms with van der Waals surface area (Å²) in [5.41, 5.74) is 0.225. The number of aliphatic imine (C=N–C) groups is 1. The number of hydrogen-bond acceptors (Lipinski definition) is 2. The third-order valence-electron chi connectivity index (χ3n) is 3.55. The average Bonchev–Trinajstić information content (AvgIpc) is 2.53. The van der Waals surface area contributed by atoms with Crippen molar-refractivity contribution in [2.75, 3.05) is 19.7 Å². The van der Waals surface area contributed by atoms with Crippen molar-refractivity contribution >= 4 is 29.9 Å². The molecule has 7 heteroatoms. The molecule has 138 valence electrons. The molecule has 0 amide bonds. The molecule has 4 nitrogen and oxygen atoms in total. The van der Waals surface area contributed by atoms with E-state index in [0.717, 1.165) is 37.5 Å². The maximum Gasteiger partial charge on any atom is 0.191 e. The number of rotatable bonds is 9. The number of guanidine groups is 1. The zero-order valence-corrected chi connectivity index (χ0v) is 16.6. The SMILES string of the molecule is CCCC(CCO)CNC(=NCc1cc(F)ccc1F)NCC.I. The molecule has 0 aliphatic rings. The molecule has 3 N–H and O–H groups in total. The highest BCUT2D eigenvalue weighted by Crippen LogP contribution is 2.11. The van der Waals surface area contributed by atoms with Crippen LogP contribution in [-0.4, -0.2) is 30.8 Å². The van der Waals surface area contributed by atoms with Crippen molar-refractivity contribution in [2.24, 2.45) is 10.9 Å². The molecule has 1 atom stereocenters. The molecule has 0 saturated heterocycles. The van der Waals surface area contributed by atoms with Crippen molar-refractivity contribution in [3.63, 3.8) is 0 Å². The summed E-state index contributed by atoms with van der Waals surface area (Å²) in [7, 11) is 0. The number of benzene rings is 1. The molecule has 24 heavy (non-hydrogen) atoms. The number of nitrogens with one attached hydrogen (secondary N) is 2. The van der Waals surface area contributed by atoms with Gasteiger partial charge in [-0.3, -0.25) is 0 Å². The molecule has 1 aromatic carbocycles. The van der Waals surface area contributed by atoms with Crippen LogP contribution in [0.3, 0.4) is 0 Å². The molecule has 0 radical (unpaired) electrons. The van der Waals surface area contributed by atoms with Gasteiger partial charge >= 0.3 is 0 Å². The van der Waals surface area contributed by atoms with E-state index in [1.165, 1.54) is 0 Å². The summed E-state index contributed by atoms with van der Waals surface area (Å²) in [4.78, 5) is 4.30. The fourth-order valence-corrected chi connectivity index (χ4v) is 2.35. The largest absolute Gasteiger partial charge is 0.396 e. The lowest BCUT2D eigenvalue weighted by atomic mass is 10.0. The Bertz CT molecular complexity index is 495. The highest BCUT2D eigenvalue weighted by molar-refractivity contribution is 14.0. The van der Waals surface area contributed by atoms with E-state index in [4.69, 9.17) is 5.11 Å². The summed E-state index contributed by atoms with van der Waals surface area (Å²) in [6.07, 6.45) is 2.80. The Kier molecular flexibility index (Phi) is 12.8. The van der Waals surface area contributed by atoms with Gasteiger partial charge in [0, 0.05) is 25.3 Å². The van der Waals surface area contributed by atoms with Crippen molar-refractivity contribution in [1.82, 2.24) is 10.6 Å². The van der Waals surface area contributed by atoms with Crippen LogP contribution in [0.25, 0.3) is 0 Å². The molecule has 1 unspecified atom stereocenters. The van der Waals surface area contributed by atoms with Gasteiger partial charge in [0.1, 0.15) is 11.6 Å². The van der Waals surface area contributed by atoms with Crippen LogP contribution in [0.4, 0.5) is 8.78 Å². The number of aliphatic hydroxyl groups is 1. The maximum absolute atomic E-state index is 13.6. The van der Waals surface area contributed by atoms with E-state index in [0.29, 0.717) is 25.0 Å². The number of hydrogen-bond donors (Lipinski definition) is 3. The summed E-state index contributed by atoms with van der Waals surface area (Å²) in [5.74, 6) is -0.00869. The zero-order chi connectivity index (χ0) is 17.1. The minimum absolute atomic E-state index is 0. The third kappa shape index (κ3) is 8.77. The van der Waals surface area contributed by atoms with Crippen molar-refractivity contribution in [3.8, 4) is 0 Å². The van der Waals surface area contributed by atoms with Crippen LogP contribution in [0.2, 0.25) is 0 Å². The predicted molar refractivity (Wildman–Crippen MR) is 105 cm³/mol. The molecule has 0 aliphatic heterocycles. The van der Waals surface area contributed by atoms with Crippen LogP contribution in [0, 0.1) is 17.6 Å². The Labute approximate surface area is 160 Å². The number of halogens is 3. The second-order valence-electron chi connectivity index (χ2n) is 5.48. The second-order valence-corrected chi connectivity index (χ2v) is 5.48. The highest BCUT2D eigenvalue weighted by atomic mass is 127. The van der Waals surface area contributed by atoms with Crippen LogP contribution >= 0.6 is 24.0 Å². The lowest BCUT2D eigenvalue weighted by Crippen LogP contribution is -2.40. The Hall–Kier alpha value is -0.960. The quantitative estimate of drug-likeness (QED) is 0.304. The smallest absolute Gasteiger partial charge is 0.191 e. The predicted octanol–water partition coefficient (Wildman–Crippen LogP) is 3.44. The van der Waals surface area contributed by atoms with Gasteiger partial charge < -0.3 is 15.7 Å². The first-order chi connectivity index (χ1) is 11.1. The molecule has 1 rings (SSSR count). The minimum atomic E-state index is -0.472. The normalized spacial score (nSPS) is 12.5. The number of aliphatic hydroxyl groups excluding tert-OH is 1. The van der Waals surface area contributed by atoms with Gasteiger partial charge in [-0.05, 0) is 43.9 Å². The van der Waals surface area contributed by atoms with Crippen molar-refractivity contribution in [1.29, 1.82) is 0 Å². The van der Waals surface area contributed by atoms with Gasteiger partial charge in [-0.15, -0.1) is 24.0 Å². The third-order valence-corrected chi connectivity index (χ3v) is 3.55. The first-order valence-corrected chi connectivity index (χ1v) is 8.17. The molecule has 1 aromatic rings. The van der Waals surface area contributed by atoms with Crippen molar-refractivity contribution in [3.05, 3.63) is 35.4 Å². The van der Waals surface area contributed by atoms with E-state index in [1.807, 2.05) is 6.92 Å². The van der Waals surface area contributed by atoms with Gasteiger partial charge in [0.15, 0.2) is 5.96 Å². The maximum atomic E-state index is 13.6. The molecular weight excluding hydrogens is 427 g/mol. The van der Waals surface area contributed by atoms with Crippen LogP contribution in [-0.2, 0) is 6.54 Å². The molecule has 0 spiro atoms. The Morgan fingerprint density at radius 3 is 2.58 bits per heavy atom. The highest BCUT2D eigenvalue weighted by Gasteiger charge is 2.09. The zero-order valence-electron chi connectivity index (χ0n) is 14.3. The van der Waals surface area contributed by atoms with Crippen molar-refractivity contribution < 1.29 is 13.9 Å². The van der Waals surface area contributed by atoms with E-state index < -0.39 is 11.6 Å². The lowest BCUT2D eigenvalue weighted by Gasteiger charge is -2.18. The fourth-order valence-electron chi connectivity index (χ4n) is 2.35. The van der Waals surface area contributed by atoms with Gasteiger partial charge in [-0.1, -0.05) is 13.3 Å². The van der Waals surface area contributed by atoms with E-state index >= 15 is 0 Å². The molecule has 0 fully saturated rings. The summed E-state index contributed by atoms with van der Waals surface area (Å²) in [6.45, 7) is 5.64. The molecule has 0 bridgehead atoms. The van der Waals surface area contributed by atoms with Gasteiger partial charge in [-0.25, -0.2) is 13.8 Å². The molecular formula is C17H28F2IN3O. The standard InChI is InChI=1S/C17H27F2N3O.HI/c1-3-5-13(8-9-23)11-21-17(20-4-2)22-12-14-10-15(18)6-7-16(14)19;/h6-7,10,13,23H,3-5,8-9,11-12H2,1-2H3,(H2,20,21,22);1H. The van der Waals surface area contributed by atoms with Crippen LogP contribution in [0.15, 0.2) is 23.2 Å². The lowest BCUT2D eigenvalue weighted by molar-refractivity contribution is 0.251. The first-order valence-electron chi connectivity index (χ1n) is 8.17. The molecule has 0 saturated carbocycles. The fraction of sp³-hybridized carbons (Fsp3) is 0.588. The van der Waals surface area contributed by atoms with E-state index in [9.17, 15) is 8.78 Å². The van der Waals surface area contributed by atoms with Crippen LogP contribution in [0.5, 0.6) is 0 Å². The van der Waals surface area contributed by atoms with Gasteiger partial charge in [-0.2, -0.15) is 0 Å². The first kappa shape index (κ1) is 23.0. The summed E-state index contributed by atoms with van der Waals surface area (Å²) < 4.78 is 26.8.